The summed E-state index contributed by atoms with van der Waals surface area (Å²) in [5.41, 5.74) is 1.40. The maximum Gasteiger partial charge on any atom is 0.0446 e. The van der Waals surface area contributed by atoms with E-state index in [9.17, 15) is 0 Å². The molecule has 1 aliphatic rings. The number of likely N-dealkylation sites (tertiary alicyclic amines) is 1. The average molecular weight is 232 g/mol. The highest BCUT2D eigenvalue weighted by atomic mass is 15.2. The zero-order valence-electron chi connectivity index (χ0n) is 11.0. The number of nitrogens with zero attached hydrogens (tertiary/aromatic N) is 1. The van der Waals surface area contributed by atoms with E-state index in [1.54, 1.807) is 0 Å². The molecule has 0 bridgehead atoms. The van der Waals surface area contributed by atoms with Gasteiger partial charge in [0.05, 0.1) is 0 Å². The first-order valence-electron chi connectivity index (χ1n) is 6.74. The summed E-state index contributed by atoms with van der Waals surface area (Å²) in [5.74, 6) is 0.858. The van der Waals surface area contributed by atoms with Crippen molar-refractivity contribution >= 4 is 0 Å². The fraction of sp³-hybridized carbons (Fsp3) is 0.600. The number of rotatable bonds is 4. The van der Waals surface area contributed by atoms with Crippen LogP contribution in [0.4, 0.5) is 0 Å². The topological polar surface area (TPSA) is 15.3 Å². The minimum atomic E-state index is 0.460. The van der Waals surface area contributed by atoms with Gasteiger partial charge in [0.2, 0.25) is 0 Å². The third-order valence-corrected chi connectivity index (χ3v) is 3.73. The minimum Gasteiger partial charge on any atom is -0.312 e. The van der Waals surface area contributed by atoms with Crippen LogP contribution in [0, 0.1) is 5.92 Å². The molecule has 0 saturated carbocycles. The van der Waals surface area contributed by atoms with Crippen LogP contribution in [0.15, 0.2) is 30.3 Å². The van der Waals surface area contributed by atoms with Gasteiger partial charge in [-0.2, -0.15) is 0 Å². The molecule has 1 aliphatic heterocycles. The van der Waals surface area contributed by atoms with Gasteiger partial charge < -0.3 is 10.2 Å². The monoisotopic (exact) mass is 232 g/mol. The Morgan fingerprint density at radius 3 is 2.76 bits per heavy atom. The summed E-state index contributed by atoms with van der Waals surface area (Å²) < 4.78 is 0. The summed E-state index contributed by atoms with van der Waals surface area (Å²) >= 11 is 0. The molecule has 17 heavy (non-hydrogen) atoms. The Kier molecular flexibility index (Phi) is 4.57. The second-order valence-electron chi connectivity index (χ2n) is 5.26. The van der Waals surface area contributed by atoms with E-state index in [2.05, 4.69) is 54.5 Å². The lowest BCUT2D eigenvalue weighted by molar-refractivity contribution is 0.169. The summed E-state index contributed by atoms with van der Waals surface area (Å²) in [6.07, 6.45) is 2.75. The molecule has 0 amide bonds. The Labute approximate surface area is 105 Å². The Morgan fingerprint density at radius 1 is 1.35 bits per heavy atom. The molecule has 1 aromatic carbocycles. The summed E-state index contributed by atoms with van der Waals surface area (Å²) in [7, 11) is 2.06. The van der Waals surface area contributed by atoms with Crippen LogP contribution in [0.1, 0.15) is 31.4 Å². The van der Waals surface area contributed by atoms with Gasteiger partial charge in [0.1, 0.15) is 0 Å². The van der Waals surface area contributed by atoms with Gasteiger partial charge in [-0.15, -0.1) is 0 Å². The minimum absolute atomic E-state index is 0.460. The van der Waals surface area contributed by atoms with Gasteiger partial charge in [-0.1, -0.05) is 37.3 Å². The molecule has 1 fully saturated rings. The second-order valence-corrected chi connectivity index (χ2v) is 5.26. The van der Waals surface area contributed by atoms with Crippen LogP contribution in [-0.2, 0) is 0 Å². The fourth-order valence-electron chi connectivity index (χ4n) is 2.76. The van der Waals surface area contributed by atoms with Crippen LogP contribution in [0.2, 0.25) is 0 Å². The number of hydrogen-bond donors (Lipinski definition) is 1. The number of likely N-dealkylation sites (N-methyl/N-ethyl adjacent to an activating group) is 1. The quantitative estimate of drug-likeness (QED) is 0.858. The smallest absolute Gasteiger partial charge is 0.0446 e. The van der Waals surface area contributed by atoms with E-state index in [0.717, 1.165) is 12.5 Å². The normalized spacial score (nSPS) is 23.5. The average Bonchev–Trinajstić information content (AvgIpc) is 2.37. The summed E-state index contributed by atoms with van der Waals surface area (Å²) in [6.45, 7) is 6.01. The van der Waals surface area contributed by atoms with Gasteiger partial charge in [0, 0.05) is 19.1 Å². The Hall–Kier alpha value is -0.860. The molecule has 2 nitrogen and oxygen atoms in total. The Bertz CT molecular complexity index is 323. The first-order valence-corrected chi connectivity index (χ1v) is 6.74. The lowest BCUT2D eigenvalue weighted by atomic mass is 9.98. The van der Waals surface area contributed by atoms with Gasteiger partial charge in [-0.05, 0) is 37.9 Å². The van der Waals surface area contributed by atoms with E-state index in [4.69, 9.17) is 0 Å². The van der Waals surface area contributed by atoms with Crippen LogP contribution in [0.3, 0.4) is 0 Å². The first kappa shape index (κ1) is 12.6. The first-order chi connectivity index (χ1) is 8.29. The maximum atomic E-state index is 3.44. The number of hydrogen-bond acceptors (Lipinski definition) is 2. The van der Waals surface area contributed by atoms with Gasteiger partial charge in [-0.25, -0.2) is 0 Å². The molecule has 2 unspecified atom stereocenters. The molecule has 2 heteroatoms. The number of piperidine rings is 1. The number of benzene rings is 1. The molecule has 1 N–H and O–H groups in total. The largest absolute Gasteiger partial charge is 0.312 e. The fourth-order valence-corrected chi connectivity index (χ4v) is 2.76. The highest BCUT2D eigenvalue weighted by Gasteiger charge is 2.19. The molecule has 0 spiro atoms. The Morgan fingerprint density at radius 2 is 2.12 bits per heavy atom. The van der Waals surface area contributed by atoms with Crippen molar-refractivity contribution in [3.63, 3.8) is 0 Å². The van der Waals surface area contributed by atoms with Crippen LogP contribution in [0.5, 0.6) is 0 Å². The third kappa shape index (κ3) is 3.55. The van der Waals surface area contributed by atoms with Gasteiger partial charge in [0.15, 0.2) is 0 Å². The molecular formula is C15H24N2. The zero-order valence-corrected chi connectivity index (χ0v) is 11.0. The van der Waals surface area contributed by atoms with E-state index in [1.165, 1.54) is 31.5 Å². The highest BCUT2D eigenvalue weighted by molar-refractivity contribution is 5.19. The van der Waals surface area contributed by atoms with Gasteiger partial charge in [-0.3, -0.25) is 0 Å². The van der Waals surface area contributed by atoms with Crippen LogP contribution < -0.4 is 5.32 Å². The summed E-state index contributed by atoms with van der Waals surface area (Å²) in [6, 6.07) is 11.2. The molecular weight excluding hydrogens is 208 g/mol. The number of nitrogens with one attached hydrogen (secondary N) is 1. The zero-order chi connectivity index (χ0) is 12.1. The van der Waals surface area contributed by atoms with Crippen LogP contribution in [-0.4, -0.2) is 31.6 Å². The molecule has 94 valence electrons. The summed E-state index contributed by atoms with van der Waals surface area (Å²) in [5, 5.41) is 3.44. The van der Waals surface area contributed by atoms with Crippen LogP contribution in [0.25, 0.3) is 0 Å². The Balaban J connectivity index is 1.95. The standard InChI is InChI=1S/C15H24N2/c1-13-7-6-10-17(11-13)12-15(16-2)14-8-4-3-5-9-14/h3-5,8-9,13,15-16H,6-7,10-12H2,1-2H3. The maximum absolute atomic E-state index is 3.44. The van der Waals surface area contributed by atoms with Gasteiger partial charge in [0.25, 0.3) is 0 Å². The van der Waals surface area contributed by atoms with Crippen molar-refractivity contribution in [1.29, 1.82) is 0 Å². The SMILES string of the molecule is CNC(CN1CCCC(C)C1)c1ccccc1. The predicted octanol–water partition coefficient (Wildman–Crippen LogP) is 2.68. The third-order valence-electron chi connectivity index (χ3n) is 3.73. The van der Waals surface area contributed by atoms with E-state index >= 15 is 0 Å². The second kappa shape index (κ2) is 6.18. The van der Waals surface area contributed by atoms with Crippen molar-refractivity contribution in [3.8, 4) is 0 Å². The van der Waals surface area contributed by atoms with Crippen molar-refractivity contribution in [2.45, 2.75) is 25.8 Å². The molecule has 0 aromatic heterocycles. The van der Waals surface area contributed by atoms with E-state index in [1.807, 2.05) is 0 Å². The molecule has 0 radical (unpaired) electrons. The molecule has 0 aliphatic carbocycles. The van der Waals surface area contributed by atoms with E-state index < -0.39 is 0 Å². The molecule has 1 aromatic rings. The highest BCUT2D eigenvalue weighted by Crippen LogP contribution is 2.19. The van der Waals surface area contributed by atoms with Crippen molar-refractivity contribution < 1.29 is 0 Å². The summed E-state index contributed by atoms with van der Waals surface area (Å²) in [4.78, 5) is 2.60. The van der Waals surface area contributed by atoms with Crippen molar-refractivity contribution in [3.05, 3.63) is 35.9 Å². The lowest BCUT2D eigenvalue weighted by Crippen LogP contribution is -2.39. The predicted molar refractivity (Wildman–Crippen MR) is 73.1 cm³/mol. The molecule has 2 atom stereocenters. The van der Waals surface area contributed by atoms with Crippen molar-refractivity contribution in [2.24, 2.45) is 5.92 Å². The molecule has 1 saturated heterocycles. The van der Waals surface area contributed by atoms with Crippen molar-refractivity contribution in [1.82, 2.24) is 10.2 Å². The van der Waals surface area contributed by atoms with E-state index in [0.29, 0.717) is 6.04 Å². The van der Waals surface area contributed by atoms with Gasteiger partial charge >= 0.3 is 0 Å². The molecule has 2 rings (SSSR count). The van der Waals surface area contributed by atoms with Crippen LogP contribution >= 0.6 is 0 Å². The van der Waals surface area contributed by atoms with Crippen molar-refractivity contribution in [2.75, 3.05) is 26.7 Å². The molecule has 1 heterocycles. The van der Waals surface area contributed by atoms with E-state index in [-0.39, 0.29) is 0 Å². The lowest BCUT2D eigenvalue weighted by Gasteiger charge is -2.33.